The third-order valence-corrected chi connectivity index (χ3v) is 3.37. The normalized spacial score (nSPS) is 16.4. The van der Waals surface area contributed by atoms with E-state index in [1.807, 2.05) is 12.1 Å². The molecule has 0 aliphatic carbocycles. The molecule has 0 radical (unpaired) electrons. The van der Waals surface area contributed by atoms with Gasteiger partial charge in [-0.25, -0.2) is 0 Å². The maximum Gasteiger partial charge on any atom is 0.269 e. The SMILES string of the molecule is O=C(Nc1cc(Cl)cc(Cl)c1)C1COc2ccccc2O1. The molecule has 2 aromatic rings. The van der Waals surface area contributed by atoms with E-state index in [0.29, 0.717) is 27.2 Å². The number of carbonyl (C=O) groups excluding carboxylic acids is 1. The molecule has 0 saturated carbocycles. The van der Waals surface area contributed by atoms with Crippen LogP contribution in [0.4, 0.5) is 5.69 Å². The molecule has 1 N–H and O–H groups in total. The van der Waals surface area contributed by atoms with E-state index in [2.05, 4.69) is 5.32 Å². The van der Waals surface area contributed by atoms with E-state index in [1.165, 1.54) is 0 Å². The molecular formula is C15H11Cl2NO3. The number of halogens is 2. The Balaban J connectivity index is 1.72. The Hall–Kier alpha value is -1.91. The fourth-order valence-corrected chi connectivity index (χ4v) is 2.52. The first kappa shape index (κ1) is 14.0. The van der Waals surface area contributed by atoms with Crippen LogP contribution in [0.5, 0.6) is 11.5 Å². The minimum Gasteiger partial charge on any atom is -0.485 e. The summed E-state index contributed by atoms with van der Waals surface area (Å²) in [5.74, 6) is 0.864. The average molecular weight is 324 g/mol. The van der Waals surface area contributed by atoms with Crippen LogP contribution in [-0.4, -0.2) is 18.6 Å². The first-order chi connectivity index (χ1) is 10.1. The zero-order valence-corrected chi connectivity index (χ0v) is 12.3. The van der Waals surface area contributed by atoms with Gasteiger partial charge in [0.2, 0.25) is 6.10 Å². The molecule has 0 spiro atoms. The van der Waals surface area contributed by atoms with E-state index in [4.69, 9.17) is 32.7 Å². The Morgan fingerprint density at radius 3 is 2.48 bits per heavy atom. The Bertz CT molecular complexity index is 670. The lowest BCUT2D eigenvalue weighted by Gasteiger charge is -2.25. The summed E-state index contributed by atoms with van der Waals surface area (Å²) in [5, 5.41) is 3.61. The number of amides is 1. The molecule has 1 amide bonds. The van der Waals surface area contributed by atoms with Crippen LogP contribution < -0.4 is 14.8 Å². The summed E-state index contributed by atoms with van der Waals surface area (Å²) >= 11 is 11.8. The smallest absolute Gasteiger partial charge is 0.269 e. The van der Waals surface area contributed by atoms with E-state index >= 15 is 0 Å². The van der Waals surface area contributed by atoms with Crippen LogP contribution in [0.15, 0.2) is 42.5 Å². The predicted molar refractivity (Wildman–Crippen MR) is 81.4 cm³/mol. The highest BCUT2D eigenvalue weighted by Gasteiger charge is 2.27. The third kappa shape index (κ3) is 3.23. The van der Waals surface area contributed by atoms with Crippen LogP contribution in [0, 0.1) is 0 Å². The molecule has 3 rings (SSSR count). The fraction of sp³-hybridized carbons (Fsp3) is 0.133. The lowest BCUT2D eigenvalue weighted by molar-refractivity contribution is -0.125. The Morgan fingerprint density at radius 2 is 1.76 bits per heavy atom. The number of hydrogen-bond acceptors (Lipinski definition) is 3. The van der Waals surface area contributed by atoms with Crippen molar-refractivity contribution in [2.75, 3.05) is 11.9 Å². The maximum atomic E-state index is 12.2. The largest absolute Gasteiger partial charge is 0.485 e. The van der Waals surface area contributed by atoms with Crippen molar-refractivity contribution in [1.82, 2.24) is 0 Å². The van der Waals surface area contributed by atoms with Crippen LogP contribution >= 0.6 is 23.2 Å². The molecule has 4 nitrogen and oxygen atoms in total. The Labute approximate surface area is 131 Å². The number of carbonyl (C=O) groups is 1. The van der Waals surface area contributed by atoms with E-state index in [-0.39, 0.29) is 12.5 Å². The van der Waals surface area contributed by atoms with Crippen LogP contribution in [0.25, 0.3) is 0 Å². The molecule has 0 bridgehead atoms. The predicted octanol–water partition coefficient (Wildman–Crippen LogP) is 3.77. The number of rotatable bonds is 2. The summed E-state index contributed by atoms with van der Waals surface area (Å²) in [7, 11) is 0. The lowest BCUT2D eigenvalue weighted by atomic mass is 10.2. The summed E-state index contributed by atoms with van der Waals surface area (Å²) < 4.78 is 11.1. The van der Waals surface area contributed by atoms with Crippen molar-refractivity contribution in [3.8, 4) is 11.5 Å². The molecule has 2 aromatic carbocycles. The van der Waals surface area contributed by atoms with Crippen molar-refractivity contribution < 1.29 is 14.3 Å². The number of ether oxygens (including phenoxy) is 2. The maximum absolute atomic E-state index is 12.2. The molecule has 1 heterocycles. The number of benzene rings is 2. The number of fused-ring (bicyclic) bond motifs is 1. The average Bonchev–Trinajstić information content (AvgIpc) is 2.45. The van der Waals surface area contributed by atoms with Gasteiger partial charge in [0.25, 0.3) is 5.91 Å². The molecule has 0 saturated heterocycles. The highest BCUT2D eigenvalue weighted by Crippen LogP contribution is 2.31. The van der Waals surface area contributed by atoms with E-state index in [0.717, 1.165) is 0 Å². The second-order valence-corrected chi connectivity index (χ2v) is 5.38. The van der Waals surface area contributed by atoms with E-state index in [1.54, 1.807) is 30.3 Å². The van der Waals surface area contributed by atoms with E-state index < -0.39 is 6.10 Å². The highest BCUT2D eigenvalue weighted by atomic mass is 35.5. The first-order valence-electron chi connectivity index (χ1n) is 6.27. The number of nitrogens with one attached hydrogen (secondary N) is 1. The molecule has 108 valence electrons. The summed E-state index contributed by atoms with van der Waals surface area (Å²) in [6, 6.07) is 12.0. The summed E-state index contributed by atoms with van der Waals surface area (Å²) in [6.07, 6.45) is -0.724. The minimum atomic E-state index is -0.724. The standard InChI is InChI=1S/C15H11Cl2NO3/c16-9-5-10(17)7-11(6-9)18-15(19)14-8-20-12-3-1-2-4-13(12)21-14/h1-7,14H,8H2,(H,18,19). The molecule has 1 aliphatic heterocycles. The van der Waals surface area contributed by atoms with Gasteiger partial charge < -0.3 is 14.8 Å². The summed E-state index contributed by atoms with van der Waals surface area (Å²) in [6.45, 7) is 0.150. The van der Waals surface area contributed by atoms with Gasteiger partial charge in [0, 0.05) is 15.7 Å². The topological polar surface area (TPSA) is 47.6 Å². The molecule has 1 unspecified atom stereocenters. The number of para-hydroxylation sites is 2. The van der Waals surface area contributed by atoms with Crippen molar-refractivity contribution in [1.29, 1.82) is 0 Å². The Kier molecular flexibility index (Phi) is 3.90. The quantitative estimate of drug-likeness (QED) is 0.915. The van der Waals surface area contributed by atoms with Crippen LogP contribution in [0.2, 0.25) is 10.0 Å². The van der Waals surface area contributed by atoms with E-state index in [9.17, 15) is 4.79 Å². The van der Waals surface area contributed by atoms with Crippen molar-refractivity contribution in [3.63, 3.8) is 0 Å². The zero-order valence-electron chi connectivity index (χ0n) is 10.8. The van der Waals surface area contributed by atoms with Gasteiger partial charge in [0.1, 0.15) is 6.61 Å². The molecule has 1 atom stereocenters. The van der Waals surface area contributed by atoms with Crippen molar-refractivity contribution in [2.24, 2.45) is 0 Å². The zero-order chi connectivity index (χ0) is 14.8. The van der Waals surface area contributed by atoms with Crippen molar-refractivity contribution >= 4 is 34.8 Å². The number of anilines is 1. The van der Waals surface area contributed by atoms with Crippen molar-refractivity contribution in [2.45, 2.75) is 6.10 Å². The summed E-state index contributed by atoms with van der Waals surface area (Å²) in [4.78, 5) is 12.2. The monoisotopic (exact) mass is 323 g/mol. The van der Waals surface area contributed by atoms with Gasteiger partial charge in [0.15, 0.2) is 11.5 Å². The lowest BCUT2D eigenvalue weighted by Crippen LogP contribution is -2.40. The van der Waals surface area contributed by atoms with Gasteiger partial charge in [-0.3, -0.25) is 4.79 Å². The van der Waals surface area contributed by atoms with Gasteiger partial charge in [-0.2, -0.15) is 0 Å². The second-order valence-electron chi connectivity index (χ2n) is 4.51. The molecular weight excluding hydrogens is 313 g/mol. The minimum absolute atomic E-state index is 0.150. The number of hydrogen-bond donors (Lipinski definition) is 1. The highest BCUT2D eigenvalue weighted by molar-refractivity contribution is 6.35. The van der Waals surface area contributed by atoms with Gasteiger partial charge in [-0.1, -0.05) is 35.3 Å². The Morgan fingerprint density at radius 1 is 1.10 bits per heavy atom. The fourth-order valence-electron chi connectivity index (χ4n) is 2.00. The molecule has 6 heteroatoms. The van der Waals surface area contributed by atoms with Gasteiger partial charge in [0.05, 0.1) is 0 Å². The van der Waals surface area contributed by atoms with Gasteiger partial charge in [-0.15, -0.1) is 0 Å². The van der Waals surface area contributed by atoms with Gasteiger partial charge >= 0.3 is 0 Å². The summed E-state index contributed by atoms with van der Waals surface area (Å²) in [5.41, 5.74) is 0.514. The second kappa shape index (κ2) is 5.84. The van der Waals surface area contributed by atoms with Gasteiger partial charge in [-0.05, 0) is 30.3 Å². The van der Waals surface area contributed by atoms with Crippen molar-refractivity contribution in [3.05, 3.63) is 52.5 Å². The van der Waals surface area contributed by atoms with Crippen LogP contribution in [0.3, 0.4) is 0 Å². The third-order valence-electron chi connectivity index (χ3n) is 2.93. The molecule has 0 aromatic heterocycles. The molecule has 21 heavy (non-hydrogen) atoms. The van der Waals surface area contributed by atoms with Crippen LogP contribution in [-0.2, 0) is 4.79 Å². The molecule has 0 fully saturated rings. The molecule has 1 aliphatic rings. The van der Waals surface area contributed by atoms with Crippen LogP contribution in [0.1, 0.15) is 0 Å². The first-order valence-corrected chi connectivity index (χ1v) is 7.03.